The molecule has 58 valence electrons. The van der Waals surface area contributed by atoms with E-state index < -0.39 is 0 Å². The first kappa shape index (κ1) is 6.54. The van der Waals surface area contributed by atoms with E-state index in [4.69, 9.17) is 0 Å². The molecule has 0 N–H and O–H groups in total. The third kappa shape index (κ3) is 0.845. The van der Waals surface area contributed by atoms with Gasteiger partial charge in [-0.2, -0.15) is 0 Å². The average Bonchev–Trinajstić information content (AvgIpc) is 1.93. The SMILES string of the molecule is [O-][N+]12CC[N+]([O-])(CC1)CC2. The maximum absolute atomic E-state index is 11.5. The fourth-order valence-corrected chi connectivity index (χ4v) is 1.76. The van der Waals surface area contributed by atoms with Crippen LogP contribution < -0.4 is 0 Å². The lowest BCUT2D eigenvalue weighted by molar-refractivity contribution is -1.04. The largest absolute Gasteiger partial charge is 0.632 e. The highest BCUT2D eigenvalue weighted by atomic mass is 16.6. The van der Waals surface area contributed by atoms with Crippen LogP contribution in [0, 0.1) is 10.4 Å². The van der Waals surface area contributed by atoms with Crippen LogP contribution in [0.15, 0.2) is 0 Å². The highest BCUT2D eigenvalue weighted by molar-refractivity contribution is 4.61. The number of hydrogen-bond donors (Lipinski definition) is 0. The molecule has 3 fully saturated rings. The third-order valence-electron chi connectivity index (χ3n) is 2.75. The molecule has 0 aromatic carbocycles. The summed E-state index contributed by atoms with van der Waals surface area (Å²) in [4.78, 5) is 0. The zero-order valence-electron chi connectivity index (χ0n) is 5.95. The second-order valence-corrected chi connectivity index (χ2v) is 3.46. The van der Waals surface area contributed by atoms with Gasteiger partial charge in [0.25, 0.3) is 0 Å². The zero-order chi connectivity index (χ0) is 7.24. The van der Waals surface area contributed by atoms with Gasteiger partial charge in [-0.3, -0.25) is 0 Å². The minimum atomic E-state index is -0.0950. The van der Waals surface area contributed by atoms with Crippen molar-refractivity contribution < 1.29 is 9.29 Å². The Morgan fingerprint density at radius 1 is 0.600 bits per heavy atom. The van der Waals surface area contributed by atoms with Gasteiger partial charge >= 0.3 is 0 Å². The topological polar surface area (TPSA) is 46.1 Å². The van der Waals surface area contributed by atoms with Crippen LogP contribution in [0.3, 0.4) is 0 Å². The van der Waals surface area contributed by atoms with Gasteiger partial charge in [-0.05, 0) is 0 Å². The predicted molar refractivity (Wildman–Crippen MR) is 36.5 cm³/mol. The normalized spacial score (nSPS) is 53.4. The number of fused-ring (bicyclic) bond motifs is 3. The van der Waals surface area contributed by atoms with E-state index in [2.05, 4.69) is 0 Å². The lowest BCUT2D eigenvalue weighted by Gasteiger charge is -2.59. The molecule has 0 radical (unpaired) electrons. The first-order valence-electron chi connectivity index (χ1n) is 3.76. The Hall–Kier alpha value is -0.160. The predicted octanol–water partition coefficient (Wildman–Crippen LogP) is -0.357. The van der Waals surface area contributed by atoms with Gasteiger partial charge in [0.2, 0.25) is 0 Å². The Bertz CT molecular complexity index is 117. The molecule has 0 spiro atoms. The van der Waals surface area contributed by atoms with Crippen LogP contribution in [0.1, 0.15) is 0 Å². The molecule has 3 rings (SSSR count). The van der Waals surface area contributed by atoms with Crippen molar-refractivity contribution in [2.45, 2.75) is 0 Å². The number of hydroxylamine groups is 6. The van der Waals surface area contributed by atoms with Gasteiger partial charge in [-0.1, -0.05) is 0 Å². The Kier molecular flexibility index (Phi) is 1.12. The van der Waals surface area contributed by atoms with Crippen LogP contribution in [-0.4, -0.2) is 48.6 Å². The second kappa shape index (κ2) is 1.71. The fraction of sp³-hybridized carbons (Fsp3) is 1.00. The van der Waals surface area contributed by atoms with E-state index in [9.17, 15) is 10.4 Å². The van der Waals surface area contributed by atoms with Gasteiger partial charge in [0.1, 0.15) is 39.3 Å². The summed E-state index contributed by atoms with van der Waals surface area (Å²) in [5, 5.41) is 22.9. The van der Waals surface area contributed by atoms with Gasteiger partial charge in [0.05, 0.1) is 0 Å². The zero-order valence-corrected chi connectivity index (χ0v) is 5.95. The molecule has 0 atom stereocenters. The number of quaternary nitrogens is 2. The molecule has 0 aromatic heterocycles. The lowest BCUT2D eigenvalue weighted by atomic mass is 10.2. The van der Waals surface area contributed by atoms with Crippen molar-refractivity contribution >= 4 is 0 Å². The Labute approximate surface area is 60.0 Å². The number of rotatable bonds is 0. The van der Waals surface area contributed by atoms with E-state index in [1.807, 2.05) is 0 Å². The maximum atomic E-state index is 11.5. The lowest BCUT2D eigenvalue weighted by Crippen LogP contribution is -2.70. The quantitative estimate of drug-likeness (QED) is 0.344. The Balaban J connectivity index is 2.16. The summed E-state index contributed by atoms with van der Waals surface area (Å²) in [6.07, 6.45) is 0. The molecule has 2 bridgehead atoms. The summed E-state index contributed by atoms with van der Waals surface area (Å²) in [5.74, 6) is 0. The summed E-state index contributed by atoms with van der Waals surface area (Å²) < 4.78 is -0.190. The van der Waals surface area contributed by atoms with Crippen LogP contribution >= 0.6 is 0 Å². The van der Waals surface area contributed by atoms with E-state index in [1.54, 1.807) is 0 Å². The Morgan fingerprint density at radius 2 is 0.800 bits per heavy atom. The molecule has 3 aliphatic rings. The molecule has 3 aliphatic heterocycles. The van der Waals surface area contributed by atoms with E-state index in [1.165, 1.54) is 0 Å². The van der Waals surface area contributed by atoms with E-state index >= 15 is 0 Å². The van der Waals surface area contributed by atoms with Gasteiger partial charge in [0.15, 0.2) is 0 Å². The van der Waals surface area contributed by atoms with Crippen molar-refractivity contribution in [3.8, 4) is 0 Å². The van der Waals surface area contributed by atoms with Crippen LogP contribution in [0.4, 0.5) is 0 Å². The fourth-order valence-electron chi connectivity index (χ4n) is 1.76. The van der Waals surface area contributed by atoms with Gasteiger partial charge in [-0.15, -0.1) is 0 Å². The summed E-state index contributed by atoms with van der Waals surface area (Å²) >= 11 is 0. The smallest absolute Gasteiger partial charge is 0.129 e. The summed E-state index contributed by atoms with van der Waals surface area (Å²) in [6, 6.07) is 0. The summed E-state index contributed by atoms with van der Waals surface area (Å²) in [6.45, 7) is 3.27. The van der Waals surface area contributed by atoms with Crippen molar-refractivity contribution in [2.24, 2.45) is 0 Å². The summed E-state index contributed by atoms with van der Waals surface area (Å²) in [5.41, 5.74) is 0. The summed E-state index contributed by atoms with van der Waals surface area (Å²) in [7, 11) is 0. The average molecular weight is 144 g/mol. The maximum Gasteiger partial charge on any atom is 0.129 e. The van der Waals surface area contributed by atoms with Crippen molar-refractivity contribution in [1.82, 2.24) is 0 Å². The van der Waals surface area contributed by atoms with Crippen LogP contribution in [0.2, 0.25) is 0 Å². The van der Waals surface area contributed by atoms with Gasteiger partial charge in [0, 0.05) is 0 Å². The van der Waals surface area contributed by atoms with E-state index in [0.717, 1.165) is 0 Å². The number of nitrogens with zero attached hydrogens (tertiary/aromatic N) is 2. The molecule has 10 heavy (non-hydrogen) atoms. The standard InChI is InChI=1S/C6H12N2O2/c9-7-1-2-8(10,5-3-7)6-4-7/h1-6H2. The molecule has 4 heteroatoms. The molecule has 4 nitrogen and oxygen atoms in total. The van der Waals surface area contributed by atoms with Gasteiger partial charge < -0.3 is 19.7 Å². The molecule has 3 heterocycles. The molecule has 3 saturated heterocycles. The van der Waals surface area contributed by atoms with E-state index in [0.29, 0.717) is 39.3 Å². The first-order valence-corrected chi connectivity index (χ1v) is 3.76. The first-order chi connectivity index (χ1) is 4.62. The van der Waals surface area contributed by atoms with Crippen LogP contribution in [0.5, 0.6) is 0 Å². The van der Waals surface area contributed by atoms with E-state index in [-0.39, 0.29) is 9.29 Å². The molecule has 0 amide bonds. The van der Waals surface area contributed by atoms with Crippen molar-refractivity contribution in [1.29, 1.82) is 0 Å². The molecule has 0 unspecified atom stereocenters. The monoisotopic (exact) mass is 144 g/mol. The molecule has 0 aliphatic carbocycles. The van der Waals surface area contributed by atoms with Crippen molar-refractivity contribution in [3.63, 3.8) is 0 Å². The van der Waals surface area contributed by atoms with Crippen LogP contribution in [0.25, 0.3) is 0 Å². The number of hydrogen-bond acceptors (Lipinski definition) is 2. The van der Waals surface area contributed by atoms with Gasteiger partial charge in [-0.25, -0.2) is 0 Å². The van der Waals surface area contributed by atoms with Crippen LogP contribution in [-0.2, 0) is 0 Å². The minimum Gasteiger partial charge on any atom is -0.632 e. The molecular formula is C6H12N2O2. The third-order valence-corrected chi connectivity index (χ3v) is 2.75. The van der Waals surface area contributed by atoms with Crippen molar-refractivity contribution in [3.05, 3.63) is 10.4 Å². The number of piperazine rings is 3. The second-order valence-electron chi connectivity index (χ2n) is 3.46. The highest BCUT2D eigenvalue weighted by Gasteiger charge is 2.39. The minimum absolute atomic E-state index is 0.0950. The Morgan fingerprint density at radius 3 is 1.00 bits per heavy atom. The molecule has 0 saturated carbocycles. The highest BCUT2D eigenvalue weighted by Crippen LogP contribution is 2.23. The van der Waals surface area contributed by atoms with Crippen molar-refractivity contribution in [2.75, 3.05) is 39.3 Å². The molecular weight excluding hydrogens is 132 g/mol. The molecule has 0 aromatic rings.